The van der Waals surface area contributed by atoms with Gasteiger partial charge in [-0.05, 0) is 34.2 Å². The summed E-state index contributed by atoms with van der Waals surface area (Å²) in [6, 6.07) is 12.1. The molecule has 0 saturated heterocycles. The van der Waals surface area contributed by atoms with Gasteiger partial charge >= 0.3 is 0 Å². The maximum atomic E-state index is 4.56. The third kappa shape index (κ3) is 2.33. The number of aliphatic imine (C=N–C) groups is 1. The Bertz CT molecular complexity index is 825. The van der Waals surface area contributed by atoms with Crippen LogP contribution >= 0.6 is 15.9 Å². The summed E-state index contributed by atoms with van der Waals surface area (Å²) in [5.41, 5.74) is 3.09. The standard InChI is InChI=1S/C15H11BrN6/c16-12-5-3-10(4-6-12)14-8-13(11-2-1-7-17-9-11)18-15-19-20-21-22(14)15/h1-7,9,14H,8H2. The second kappa shape index (κ2) is 5.42. The van der Waals surface area contributed by atoms with E-state index in [1.807, 2.05) is 30.5 Å². The monoisotopic (exact) mass is 354 g/mol. The molecule has 4 rings (SSSR count). The van der Waals surface area contributed by atoms with Crippen LogP contribution in [0, 0.1) is 0 Å². The summed E-state index contributed by atoms with van der Waals surface area (Å²) < 4.78 is 2.81. The van der Waals surface area contributed by atoms with Gasteiger partial charge in [0.05, 0.1) is 11.8 Å². The number of benzene rings is 1. The molecule has 0 radical (unpaired) electrons. The first-order chi connectivity index (χ1) is 10.8. The third-order valence-electron chi connectivity index (χ3n) is 3.64. The number of nitrogens with zero attached hydrogens (tertiary/aromatic N) is 6. The average molecular weight is 355 g/mol. The molecule has 0 fully saturated rings. The molecule has 3 heterocycles. The number of aromatic nitrogens is 5. The molecule has 0 saturated carbocycles. The first-order valence-corrected chi connectivity index (χ1v) is 7.62. The minimum Gasteiger partial charge on any atom is -0.264 e. The van der Waals surface area contributed by atoms with E-state index in [1.54, 1.807) is 10.9 Å². The van der Waals surface area contributed by atoms with Gasteiger partial charge < -0.3 is 0 Å². The number of tetrazole rings is 1. The van der Waals surface area contributed by atoms with Crippen molar-refractivity contribution in [1.82, 2.24) is 25.2 Å². The van der Waals surface area contributed by atoms with Gasteiger partial charge in [-0.1, -0.05) is 39.2 Å². The van der Waals surface area contributed by atoms with Gasteiger partial charge in [0.25, 0.3) is 5.95 Å². The van der Waals surface area contributed by atoms with Gasteiger partial charge in [0.15, 0.2) is 0 Å². The highest BCUT2D eigenvalue weighted by molar-refractivity contribution is 9.10. The van der Waals surface area contributed by atoms with Crippen molar-refractivity contribution >= 4 is 27.6 Å². The molecule has 22 heavy (non-hydrogen) atoms. The molecule has 1 aliphatic heterocycles. The Balaban J connectivity index is 1.79. The summed E-state index contributed by atoms with van der Waals surface area (Å²) in [6.45, 7) is 0. The molecule has 0 amide bonds. The number of hydrogen-bond acceptors (Lipinski definition) is 5. The van der Waals surface area contributed by atoms with Gasteiger partial charge in [-0.3, -0.25) is 4.98 Å². The predicted molar refractivity (Wildman–Crippen MR) is 85.1 cm³/mol. The lowest BCUT2D eigenvalue weighted by Gasteiger charge is -2.22. The number of hydrogen-bond donors (Lipinski definition) is 0. The van der Waals surface area contributed by atoms with Crippen molar-refractivity contribution in [3.05, 3.63) is 64.4 Å². The lowest BCUT2D eigenvalue weighted by molar-refractivity contribution is 0.514. The lowest BCUT2D eigenvalue weighted by Crippen LogP contribution is -2.21. The Kier molecular flexibility index (Phi) is 3.27. The third-order valence-corrected chi connectivity index (χ3v) is 4.17. The molecule has 2 aromatic heterocycles. The van der Waals surface area contributed by atoms with Gasteiger partial charge in [-0.2, -0.15) is 0 Å². The van der Waals surface area contributed by atoms with Gasteiger partial charge in [-0.15, -0.1) is 0 Å². The van der Waals surface area contributed by atoms with Gasteiger partial charge in [0.2, 0.25) is 0 Å². The second-order valence-electron chi connectivity index (χ2n) is 5.00. The van der Waals surface area contributed by atoms with E-state index in [4.69, 9.17) is 0 Å². The van der Waals surface area contributed by atoms with E-state index in [0.29, 0.717) is 5.95 Å². The summed E-state index contributed by atoms with van der Waals surface area (Å²) in [5, 5.41) is 11.9. The smallest absolute Gasteiger partial charge is 0.264 e. The number of pyridine rings is 1. The van der Waals surface area contributed by atoms with Gasteiger partial charge in [0, 0.05) is 28.9 Å². The van der Waals surface area contributed by atoms with E-state index in [2.05, 4.69) is 53.6 Å². The summed E-state index contributed by atoms with van der Waals surface area (Å²) in [6.07, 6.45) is 4.30. The fraction of sp³-hybridized carbons (Fsp3) is 0.133. The summed E-state index contributed by atoms with van der Waals surface area (Å²) in [4.78, 5) is 8.73. The van der Waals surface area contributed by atoms with Gasteiger partial charge in [-0.25, -0.2) is 9.67 Å². The molecule has 0 N–H and O–H groups in total. The fourth-order valence-electron chi connectivity index (χ4n) is 2.56. The minimum atomic E-state index is 0.0332. The van der Waals surface area contributed by atoms with Crippen LogP contribution in [0.25, 0.3) is 0 Å². The lowest BCUT2D eigenvalue weighted by atomic mass is 9.97. The molecule has 1 atom stereocenters. The Morgan fingerprint density at radius 2 is 2.00 bits per heavy atom. The maximum Gasteiger partial charge on any atom is 0.269 e. The van der Waals surface area contributed by atoms with Crippen LogP contribution in [0.5, 0.6) is 0 Å². The van der Waals surface area contributed by atoms with Crippen molar-refractivity contribution in [2.75, 3.05) is 0 Å². The summed E-state index contributed by atoms with van der Waals surface area (Å²) >= 11 is 3.46. The molecule has 7 heteroatoms. The molecular weight excluding hydrogens is 344 g/mol. The predicted octanol–water partition coefficient (Wildman–Crippen LogP) is 2.94. The highest BCUT2D eigenvalue weighted by atomic mass is 79.9. The van der Waals surface area contributed by atoms with E-state index < -0.39 is 0 Å². The average Bonchev–Trinajstić information content (AvgIpc) is 3.04. The Morgan fingerprint density at radius 3 is 2.77 bits per heavy atom. The first-order valence-electron chi connectivity index (χ1n) is 6.82. The summed E-state index contributed by atoms with van der Waals surface area (Å²) in [7, 11) is 0. The molecule has 1 unspecified atom stereocenters. The van der Waals surface area contributed by atoms with Crippen LogP contribution < -0.4 is 0 Å². The van der Waals surface area contributed by atoms with Crippen LogP contribution in [0.2, 0.25) is 0 Å². The maximum absolute atomic E-state index is 4.56. The zero-order chi connectivity index (χ0) is 14.9. The molecular formula is C15H11BrN6. The van der Waals surface area contributed by atoms with Crippen molar-refractivity contribution in [3.63, 3.8) is 0 Å². The quantitative estimate of drug-likeness (QED) is 0.709. The largest absolute Gasteiger partial charge is 0.269 e. The van der Waals surface area contributed by atoms with Crippen molar-refractivity contribution in [1.29, 1.82) is 0 Å². The highest BCUT2D eigenvalue weighted by Gasteiger charge is 2.26. The molecule has 1 aliphatic rings. The van der Waals surface area contributed by atoms with E-state index in [0.717, 1.165) is 27.7 Å². The number of rotatable bonds is 2. The first kappa shape index (κ1) is 13.3. The van der Waals surface area contributed by atoms with E-state index in [-0.39, 0.29) is 6.04 Å². The zero-order valence-electron chi connectivity index (χ0n) is 11.5. The number of halogens is 1. The molecule has 0 spiro atoms. The number of fused-ring (bicyclic) bond motifs is 1. The zero-order valence-corrected chi connectivity index (χ0v) is 13.1. The Hall–Kier alpha value is -2.41. The van der Waals surface area contributed by atoms with E-state index in [1.165, 1.54) is 0 Å². The molecule has 1 aromatic carbocycles. The van der Waals surface area contributed by atoms with Crippen LogP contribution in [0.15, 0.2) is 58.3 Å². The fourth-order valence-corrected chi connectivity index (χ4v) is 2.82. The second-order valence-corrected chi connectivity index (χ2v) is 5.91. The van der Waals surface area contributed by atoms with Gasteiger partial charge in [0.1, 0.15) is 0 Å². The summed E-state index contributed by atoms with van der Waals surface area (Å²) in [5.74, 6) is 0.526. The van der Waals surface area contributed by atoms with Crippen molar-refractivity contribution in [2.24, 2.45) is 4.99 Å². The normalized spacial score (nSPS) is 17.0. The molecule has 108 valence electrons. The Labute approximate surface area is 135 Å². The van der Waals surface area contributed by atoms with Crippen LogP contribution in [0.4, 0.5) is 5.95 Å². The Morgan fingerprint density at radius 1 is 1.14 bits per heavy atom. The molecule has 3 aromatic rings. The van der Waals surface area contributed by atoms with E-state index >= 15 is 0 Å². The molecule has 6 nitrogen and oxygen atoms in total. The highest BCUT2D eigenvalue weighted by Crippen LogP contribution is 2.31. The topological polar surface area (TPSA) is 68.8 Å². The SMILES string of the molecule is Brc1ccc(C2CC(c3cccnc3)=Nc3nnnn32)cc1. The van der Waals surface area contributed by atoms with Crippen molar-refractivity contribution in [3.8, 4) is 0 Å². The minimum absolute atomic E-state index is 0.0332. The van der Waals surface area contributed by atoms with Crippen LogP contribution in [-0.4, -0.2) is 30.9 Å². The molecule has 0 bridgehead atoms. The van der Waals surface area contributed by atoms with Crippen molar-refractivity contribution in [2.45, 2.75) is 12.5 Å². The molecule has 0 aliphatic carbocycles. The van der Waals surface area contributed by atoms with Crippen LogP contribution in [-0.2, 0) is 0 Å². The van der Waals surface area contributed by atoms with E-state index in [9.17, 15) is 0 Å². The van der Waals surface area contributed by atoms with Crippen LogP contribution in [0.3, 0.4) is 0 Å². The van der Waals surface area contributed by atoms with Crippen molar-refractivity contribution < 1.29 is 0 Å². The van der Waals surface area contributed by atoms with Crippen LogP contribution in [0.1, 0.15) is 23.6 Å².